The summed E-state index contributed by atoms with van der Waals surface area (Å²) >= 11 is 1.57. The first-order valence-electron chi connectivity index (χ1n) is 16.9. The molecule has 278 valence electrons. The summed E-state index contributed by atoms with van der Waals surface area (Å²) in [6, 6.07) is 5.28. The van der Waals surface area contributed by atoms with Gasteiger partial charge in [0.25, 0.3) is 0 Å². The van der Waals surface area contributed by atoms with Crippen LogP contribution < -0.4 is 16.0 Å². The van der Waals surface area contributed by atoms with Crippen LogP contribution in [0.2, 0.25) is 0 Å². The highest BCUT2D eigenvalue weighted by molar-refractivity contribution is 7.99. The molecule has 2 aliphatic carbocycles. The Balaban J connectivity index is 0.000000535. The first-order chi connectivity index (χ1) is 22.7. The van der Waals surface area contributed by atoms with Gasteiger partial charge in [0, 0.05) is 17.8 Å². The third-order valence-corrected chi connectivity index (χ3v) is 7.65. The first kappa shape index (κ1) is 42.4. The molecule has 2 saturated carbocycles. The van der Waals surface area contributed by atoms with Crippen molar-refractivity contribution in [2.45, 2.75) is 141 Å². The van der Waals surface area contributed by atoms with E-state index in [9.17, 15) is 13.6 Å². The minimum atomic E-state index is -1.50. The number of nitrogen functional groups attached to an aromatic ring is 1. The Morgan fingerprint density at radius 1 is 0.980 bits per heavy atom. The molecule has 0 saturated heterocycles. The Hall–Kier alpha value is -2.78. The van der Waals surface area contributed by atoms with Crippen LogP contribution in [0, 0.1) is 11.6 Å². The van der Waals surface area contributed by atoms with Crippen LogP contribution in [0.1, 0.15) is 101 Å². The number of hydrogen-bond donors (Lipinski definition) is 4. The van der Waals surface area contributed by atoms with E-state index in [4.69, 9.17) is 40.1 Å². The van der Waals surface area contributed by atoms with Gasteiger partial charge in [0.15, 0.2) is 34.2 Å². The van der Waals surface area contributed by atoms with Crippen LogP contribution in [0.15, 0.2) is 29.4 Å². The van der Waals surface area contributed by atoms with Crippen LogP contribution in [-0.2, 0) is 14.2 Å². The fourth-order valence-corrected chi connectivity index (χ4v) is 5.15. The number of halogens is 2. The Morgan fingerprint density at radius 2 is 1.57 bits per heavy atom. The van der Waals surface area contributed by atoms with Gasteiger partial charge in [0.05, 0.1) is 24.9 Å². The van der Waals surface area contributed by atoms with E-state index in [0.717, 1.165) is 56.4 Å². The van der Waals surface area contributed by atoms with Gasteiger partial charge in [-0.2, -0.15) is 0 Å². The second kappa shape index (κ2) is 19.0. The molecular weight excluding hydrogens is 656 g/mol. The summed E-state index contributed by atoms with van der Waals surface area (Å²) in [5, 5.41) is 20.3. The fourth-order valence-electron chi connectivity index (χ4n) is 4.46. The Morgan fingerprint density at radius 3 is 2.06 bits per heavy atom. The lowest BCUT2D eigenvalue weighted by molar-refractivity contribution is -0.127. The monoisotopic (exact) mass is 713 g/mol. The molecule has 0 bridgehead atoms. The van der Waals surface area contributed by atoms with Crippen LogP contribution in [0.4, 0.5) is 30.9 Å². The van der Waals surface area contributed by atoms with Crippen molar-refractivity contribution in [2.75, 3.05) is 34.9 Å². The summed E-state index contributed by atoms with van der Waals surface area (Å²) in [7, 11) is 0. The van der Waals surface area contributed by atoms with Crippen molar-refractivity contribution in [3.63, 3.8) is 0 Å². The van der Waals surface area contributed by atoms with Gasteiger partial charge in [0.2, 0.25) is 0 Å². The zero-order chi connectivity index (χ0) is 37.0. The number of hydrogen-bond acceptors (Lipinski definition) is 11. The molecule has 4 rings (SSSR count). The van der Waals surface area contributed by atoms with Crippen molar-refractivity contribution in [2.24, 2.45) is 0 Å². The second-order valence-corrected chi connectivity index (χ2v) is 15.6. The van der Waals surface area contributed by atoms with Gasteiger partial charge in [-0.25, -0.2) is 23.5 Å². The maximum absolute atomic E-state index is 13.1. The Kier molecular flexibility index (Phi) is 16.4. The summed E-state index contributed by atoms with van der Waals surface area (Å²) < 4.78 is 41.4. The fraction of sp³-hybridized carbons (Fsp3) is 0.686. The lowest BCUT2D eigenvalue weighted by Gasteiger charge is -2.28. The first-order valence-corrected chi connectivity index (χ1v) is 17.8. The topological polar surface area (TPSA) is 152 Å². The third kappa shape index (κ3) is 17.6. The van der Waals surface area contributed by atoms with Crippen LogP contribution in [-0.4, -0.2) is 80.4 Å². The van der Waals surface area contributed by atoms with Gasteiger partial charge >= 0.3 is 6.09 Å². The highest BCUT2D eigenvalue weighted by Crippen LogP contribution is 2.39. The summed E-state index contributed by atoms with van der Waals surface area (Å²) in [5.41, 5.74) is 6.22. The number of anilines is 3. The van der Waals surface area contributed by atoms with Gasteiger partial charge in [0.1, 0.15) is 11.3 Å². The van der Waals surface area contributed by atoms with E-state index in [2.05, 4.69) is 12.2 Å². The molecule has 1 heterocycles. The molecule has 5 N–H and O–H groups in total. The van der Waals surface area contributed by atoms with E-state index < -0.39 is 29.1 Å². The number of aliphatic hydroxyl groups is 2. The predicted molar refractivity (Wildman–Crippen MR) is 191 cm³/mol. The van der Waals surface area contributed by atoms with Crippen molar-refractivity contribution in [1.29, 1.82) is 0 Å². The van der Waals surface area contributed by atoms with Crippen molar-refractivity contribution < 1.29 is 38.0 Å². The normalized spacial score (nSPS) is 17.7. The SMILES string of the molecule is CC(C)(O)O.CCCSc1nc(NC2CCC(OCCOC(C)(C)C)C2)c(N)c(N(C(=O)OC(C)(C)C)C2CC2)n1.Fc1ccccc1F. The molecule has 11 nitrogen and oxygen atoms in total. The molecule has 0 radical (unpaired) electrons. The molecule has 0 spiro atoms. The van der Waals surface area contributed by atoms with E-state index >= 15 is 0 Å². The summed E-state index contributed by atoms with van der Waals surface area (Å²) in [6.07, 6.45) is 5.35. The van der Waals surface area contributed by atoms with Gasteiger partial charge in [-0.1, -0.05) is 30.8 Å². The number of rotatable bonds is 11. The molecule has 49 heavy (non-hydrogen) atoms. The highest BCUT2D eigenvalue weighted by atomic mass is 32.2. The van der Waals surface area contributed by atoms with E-state index in [-0.39, 0.29) is 23.8 Å². The Labute approximate surface area is 294 Å². The van der Waals surface area contributed by atoms with Gasteiger partial charge in [-0.3, -0.25) is 4.90 Å². The zero-order valence-electron chi connectivity index (χ0n) is 30.5. The molecule has 2 aliphatic rings. The third-order valence-electron chi connectivity index (χ3n) is 6.59. The minimum absolute atomic E-state index is 0.0495. The molecule has 14 heteroatoms. The number of nitrogens with zero attached hydrogens (tertiary/aromatic N) is 3. The number of amides is 1. The Bertz CT molecular complexity index is 1290. The molecule has 1 amide bonds. The van der Waals surface area contributed by atoms with Crippen molar-refractivity contribution in [3.05, 3.63) is 35.9 Å². The van der Waals surface area contributed by atoms with Crippen molar-refractivity contribution >= 4 is 35.2 Å². The lowest BCUT2D eigenvalue weighted by atomic mass is 10.2. The van der Waals surface area contributed by atoms with Crippen molar-refractivity contribution in [1.82, 2.24) is 9.97 Å². The summed E-state index contributed by atoms with van der Waals surface area (Å²) in [4.78, 5) is 24.2. The molecule has 2 unspecified atom stereocenters. The van der Waals surface area contributed by atoms with Gasteiger partial charge in [-0.05, 0) is 106 Å². The molecule has 2 atom stereocenters. The molecule has 1 aromatic carbocycles. The number of thioether (sulfide) groups is 1. The van der Waals surface area contributed by atoms with Crippen molar-refractivity contribution in [3.8, 4) is 0 Å². The summed E-state index contributed by atoms with van der Waals surface area (Å²) in [5.74, 6) is -1.20. The molecule has 1 aromatic heterocycles. The van der Waals surface area contributed by atoms with E-state index in [1.807, 2.05) is 41.5 Å². The predicted octanol–water partition coefficient (Wildman–Crippen LogP) is 7.30. The summed E-state index contributed by atoms with van der Waals surface area (Å²) in [6.45, 7) is 17.6. The van der Waals surface area contributed by atoms with Gasteiger partial charge in [-0.15, -0.1) is 0 Å². The quantitative estimate of drug-likeness (QED) is 0.0803. The zero-order valence-corrected chi connectivity index (χ0v) is 31.3. The molecular formula is C35H57F2N5O6S. The number of benzene rings is 1. The lowest BCUT2D eigenvalue weighted by Crippen LogP contribution is -2.39. The van der Waals surface area contributed by atoms with Crippen LogP contribution in [0.5, 0.6) is 0 Å². The van der Waals surface area contributed by atoms with Crippen LogP contribution in [0.25, 0.3) is 0 Å². The number of carbonyl (C=O) groups excluding carboxylic acids is 1. The number of aromatic nitrogens is 2. The average molecular weight is 714 g/mol. The molecule has 2 fully saturated rings. The van der Waals surface area contributed by atoms with E-state index in [1.54, 1.807) is 16.7 Å². The molecule has 0 aliphatic heterocycles. The maximum Gasteiger partial charge on any atom is 0.416 e. The number of carbonyl (C=O) groups is 1. The average Bonchev–Trinajstić information content (AvgIpc) is 3.69. The number of ether oxygens (including phenoxy) is 3. The number of nitrogens with two attached hydrogens (primary N) is 1. The van der Waals surface area contributed by atoms with Gasteiger partial charge < -0.3 is 35.5 Å². The van der Waals surface area contributed by atoms with E-state index in [1.165, 1.54) is 26.0 Å². The molecule has 2 aromatic rings. The van der Waals surface area contributed by atoms with E-state index in [0.29, 0.717) is 35.7 Å². The standard InChI is InChI=1S/C26H45N5O4S.C6H4F2.C3H8O2/c1-8-15-36-23-29-21(28-17-9-12-19(16-17)33-13-14-34-25(2,3)4)20(27)22(30-23)31(18-10-11-18)24(32)35-26(5,6)7;7-5-3-1-2-4-6(5)8;1-3(2,4)5/h17-19H,8-16,27H2,1-7H3,(H,28,29,30);1-4H;4-5H,1-2H3. The largest absolute Gasteiger partial charge is 0.443 e. The van der Waals surface area contributed by atoms with Crippen LogP contribution >= 0.6 is 11.8 Å². The number of nitrogens with one attached hydrogen (secondary N) is 1. The maximum atomic E-state index is 13.1. The highest BCUT2D eigenvalue weighted by Gasteiger charge is 2.39. The second-order valence-electron chi connectivity index (χ2n) is 14.5. The van der Waals surface area contributed by atoms with Crippen LogP contribution in [0.3, 0.4) is 0 Å². The minimum Gasteiger partial charge on any atom is -0.443 e. The smallest absolute Gasteiger partial charge is 0.416 e.